The van der Waals surface area contributed by atoms with E-state index in [1.54, 1.807) is 27.8 Å². The van der Waals surface area contributed by atoms with Crippen LogP contribution in [0.2, 0.25) is 0 Å². The Morgan fingerprint density at radius 1 is 1.37 bits per heavy atom. The minimum atomic E-state index is -3.38. The zero-order valence-corrected chi connectivity index (χ0v) is 14.2. The van der Waals surface area contributed by atoms with Crippen molar-refractivity contribution in [3.05, 3.63) is 37.8 Å². The normalized spacial score (nSPS) is 20.4. The Kier molecular flexibility index (Phi) is 3.59. The summed E-state index contributed by atoms with van der Waals surface area (Å²) >= 11 is 6.30. The van der Waals surface area contributed by atoms with E-state index in [1.807, 2.05) is 18.4 Å². The summed E-state index contributed by atoms with van der Waals surface area (Å²) < 4.78 is 28.2. The Bertz CT molecular complexity index is 704. The van der Waals surface area contributed by atoms with Crippen molar-refractivity contribution in [3.63, 3.8) is 0 Å². The molecular weight excluding hydrogens is 366 g/mol. The monoisotopic (exact) mass is 377 g/mol. The predicted octanol–water partition coefficient (Wildman–Crippen LogP) is 3.88. The first-order chi connectivity index (χ1) is 9.00. The lowest BCUT2D eigenvalue weighted by Crippen LogP contribution is -2.37. The van der Waals surface area contributed by atoms with Crippen molar-refractivity contribution < 1.29 is 8.42 Å². The molecule has 3 rings (SSSR count). The Hall–Kier alpha value is -0.210. The minimum Gasteiger partial charge on any atom is -0.206 e. The smallest absolute Gasteiger partial charge is 0.206 e. The summed E-state index contributed by atoms with van der Waals surface area (Å²) in [5, 5.41) is 2.04. The predicted molar refractivity (Wildman–Crippen MR) is 82.3 cm³/mol. The molecule has 1 aliphatic rings. The standard InChI is InChI=1S/C12H12BrNO2S3/c1-8-9-5-7-17-10(9)4-6-14(8)19(15,16)12-3-2-11(13)18-12/h2-3,5,7-8H,4,6H2,1H3/t8-/m1/s1. The molecule has 0 bridgehead atoms. The fourth-order valence-corrected chi connectivity index (χ4v) is 7.08. The van der Waals surface area contributed by atoms with Gasteiger partial charge in [-0.05, 0) is 58.4 Å². The summed E-state index contributed by atoms with van der Waals surface area (Å²) in [6.07, 6.45) is 0.809. The van der Waals surface area contributed by atoms with E-state index >= 15 is 0 Å². The van der Waals surface area contributed by atoms with Crippen LogP contribution in [0.15, 0.2) is 31.6 Å². The molecule has 0 radical (unpaired) electrons. The number of rotatable bonds is 2. The van der Waals surface area contributed by atoms with Crippen molar-refractivity contribution in [1.29, 1.82) is 0 Å². The van der Waals surface area contributed by atoms with Gasteiger partial charge in [0.05, 0.1) is 3.79 Å². The quantitative estimate of drug-likeness (QED) is 0.795. The maximum absolute atomic E-state index is 12.7. The van der Waals surface area contributed by atoms with Crippen LogP contribution in [-0.4, -0.2) is 19.3 Å². The number of thiophene rings is 2. The summed E-state index contributed by atoms with van der Waals surface area (Å²) in [5.41, 5.74) is 1.15. The van der Waals surface area contributed by atoms with Gasteiger partial charge in [-0.25, -0.2) is 8.42 Å². The zero-order chi connectivity index (χ0) is 13.6. The van der Waals surface area contributed by atoms with Gasteiger partial charge in [0, 0.05) is 17.5 Å². The molecule has 2 aromatic rings. The van der Waals surface area contributed by atoms with Crippen molar-refractivity contribution in [2.24, 2.45) is 0 Å². The van der Waals surface area contributed by atoms with Gasteiger partial charge in [-0.15, -0.1) is 22.7 Å². The van der Waals surface area contributed by atoms with E-state index in [1.165, 1.54) is 16.2 Å². The van der Waals surface area contributed by atoms with Crippen LogP contribution in [0.3, 0.4) is 0 Å². The average Bonchev–Trinajstić information content (AvgIpc) is 2.97. The topological polar surface area (TPSA) is 37.4 Å². The van der Waals surface area contributed by atoms with Gasteiger partial charge in [-0.2, -0.15) is 4.31 Å². The zero-order valence-electron chi connectivity index (χ0n) is 10.2. The molecule has 7 heteroatoms. The number of nitrogens with zero attached hydrogens (tertiary/aromatic N) is 1. The molecule has 0 fully saturated rings. The Balaban J connectivity index is 2.00. The van der Waals surface area contributed by atoms with Crippen molar-refractivity contribution in [1.82, 2.24) is 4.31 Å². The summed E-state index contributed by atoms with van der Waals surface area (Å²) in [4.78, 5) is 1.31. The van der Waals surface area contributed by atoms with Crippen LogP contribution >= 0.6 is 38.6 Å². The molecule has 0 unspecified atom stereocenters. The summed E-state index contributed by atoms with van der Waals surface area (Å²) in [5.74, 6) is 0. The molecule has 0 saturated carbocycles. The van der Waals surface area contributed by atoms with Gasteiger partial charge >= 0.3 is 0 Å². The summed E-state index contributed by atoms with van der Waals surface area (Å²) in [6, 6.07) is 5.40. The molecule has 0 N–H and O–H groups in total. The van der Waals surface area contributed by atoms with Crippen LogP contribution in [0.25, 0.3) is 0 Å². The maximum Gasteiger partial charge on any atom is 0.253 e. The fraction of sp³-hybridized carbons (Fsp3) is 0.333. The van der Waals surface area contributed by atoms with Gasteiger partial charge in [0.25, 0.3) is 10.0 Å². The lowest BCUT2D eigenvalue weighted by atomic mass is 10.0. The third-order valence-corrected chi connectivity index (χ3v) is 8.39. The first-order valence-electron chi connectivity index (χ1n) is 5.83. The average molecular weight is 378 g/mol. The Morgan fingerprint density at radius 3 is 2.84 bits per heavy atom. The number of halogens is 1. The van der Waals surface area contributed by atoms with Crippen molar-refractivity contribution >= 4 is 48.6 Å². The molecule has 1 atom stereocenters. The highest BCUT2D eigenvalue weighted by atomic mass is 79.9. The molecule has 3 heterocycles. The SMILES string of the molecule is C[C@@H]1c2ccsc2CCN1S(=O)(=O)c1ccc(Br)s1. The summed E-state index contributed by atoms with van der Waals surface area (Å²) in [7, 11) is -3.38. The van der Waals surface area contributed by atoms with Crippen LogP contribution in [0.5, 0.6) is 0 Å². The highest BCUT2D eigenvalue weighted by molar-refractivity contribution is 9.11. The molecule has 2 aromatic heterocycles. The molecule has 1 aliphatic heterocycles. The third kappa shape index (κ3) is 2.31. The highest BCUT2D eigenvalue weighted by Gasteiger charge is 2.35. The largest absolute Gasteiger partial charge is 0.253 e. The second-order valence-electron chi connectivity index (χ2n) is 4.40. The van der Waals surface area contributed by atoms with E-state index in [2.05, 4.69) is 15.9 Å². The van der Waals surface area contributed by atoms with Gasteiger partial charge in [-0.3, -0.25) is 0 Å². The molecular formula is C12H12BrNO2S3. The molecule has 0 aliphatic carbocycles. The lowest BCUT2D eigenvalue weighted by molar-refractivity contribution is 0.330. The van der Waals surface area contributed by atoms with Crippen molar-refractivity contribution in [2.75, 3.05) is 6.54 Å². The molecule has 19 heavy (non-hydrogen) atoms. The third-order valence-electron chi connectivity index (χ3n) is 3.33. The Labute approximate surface area is 129 Å². The molecule has 0 aromatic carbocycles. The molecule has 0 amide bonds. The van der Waals surface area contributed by atoms with Crippen molar-refractivity contribution in [2.45, 2.75) is 23.6 Å². The molecule has 0 spiro atoms. The Morgan fingerprint density at radius 2 is 2.16 bits per heavy atom. The first kappa shape index (κ1) is 13.8. The number of fused-ring (bicyclic) bond motifs is 1. The van der Waals surface area contributed by atoms with Gasteiger partial charge < -0.3 is 0 Å². The van der Waals surface area contributed by atoms with E-state index < -0.39 is 10.0 Å². The van der Waals surface area contributed by atoms with Gasteiger partial charge in [0.15, 0.2) is 0 Å². The van der Waals surface area contributed by atoms with Crippen molar-refractivity contribution in [3.8, 4) is 0 Å². The van der Waals surface area contributed by atoms with Crippen LogP contribution < -0.4 is 0 Å². The number of sulfonamides is 1. The van der Waals surface area contributed by atoms with E-state index in [4.69, 9.17) is 0 Å². The van der Waals surface area contributed by atoms with E-state index in [-0.39, 0.29) is 6.04 Å². The second-order valence-corrected chi connectivity index (χ2v) is 9.98. The summed E-state index contributed by atoms with van der Waals surface area (Å²) in [6.45, 7) is 2.53. The van der Waals surface area contributed by atoms with E-state index in [0.717, 1.165) is 15.8 Å². The highest BCUT2D eigenvalue weighted by Crippen LogP contribution is 2.38. The minimum absolute atomic E-state index is 0.0825. The van der Waals surface area contributed by atoms with Gasteiger partial charge in [-0.1, -0.05) is 0 Å². The van der Waals surface area contributed by atoms with Crippen LogP contribution in [0, 0.1) is 0 Å². The molecule has 3 nitrogen and oxygen atoms in total. The maximum atomic E-state index is 12.7. The van der Waals surface area contributed by atoms with E-state index in [0.29, 0.717) is 10.8 Å². The first-order valence-corrected chi connectivity index (χ1v) is 9.76. The number of hydrogen-bond donors (Lipinski definition) is 0. The fourth-order valence-electron chi connectivity index (χ4n) is 2.37. The molecule has 102 valence electrons. The van der Waals surface area contributed by atoms with Crippen LogP contribution in [-0.2, 0) is 16.4 Å². The van der Waals surface area contributed by atoms with Crippen LogP contribution in [0.1, 0.15) is 23.4 Å². The van der Waals surface area contributed by atoms with Crippen LogP contribution in [0.4, 0.5) is 0 Å². The molecule has 0 saturated heterocycles. The van der Waals surface area contributed by atoms with Gasteiger partial charge in [0.2, 0.25) is 0 Å². The van der Waals surface area contributed by atoms with E-state index in [9.17, 15) is 8.42 Å². The second kappa shape index (κ2) is 4.96. The number of hydrogen-bond acceptors (Lipinski definition) is 4. The lowest BCUT2D eigenvalue weighted by Gasteiger charge is -2.32. The van der Waals surface area contributed by atoms with Gasteiger partial charge in [0.1, 0.15) is 4.21 Å².